The highest BCUT2D eigenvalue weighted by atomic mass is 32.2. The van der Waals surface area contributed by atoms with Crippen molar-refractivity contribution in [3.05, 3.63) is 0 Å². The van der Waals surface area contributed by atoms with Gasteiger partial charge in [-0.25, -0.2) is 0 Å². The van der Waals surface area contributed by atoms with Crippen molar-refractivity contribution in [3.63, 3.8) is 0 Å². The number of thioether (sulfide) groups is 1. The van der Waals surface area contributed by atoms with Gasteiger partial charge in [0.25, 0.3) is 0 Å². The Labute approximate surface area is 113 Å². The van der Waals surface area contributed by atoms with Gasteiger partial charge in [-0.15, -0.1) is 0 Å². The van der Waals surface area contributed by atoms with Crippen LogP contribution in [0.3, 0.4) is 0 Å². The lowest BCUT2D eigenvalue weighted by molar-refractivity contribution is -0.137. The molecule has 0 heterocycles. The van der Waals surface area contributed by atoms with Crippen LogP contribution >= 0.6 is 11.8 Å². The van der Waals surface area contributed by atoms with Crippen molar-refractivity contribution < 1.29 is 14.7 Å². The Bertz CT molecular complexity index is 275. The van der Waals surface area contributed by atoms with Crippen molar-refractivity contribution in [2.24, 2.45) is 0 Å². The lowest BCUT2D eigenvalue weighted by atomic mass is 9.95. The minimum atomic E-state index is -0.786. The van der Waals surface area contributed by atoms with E-state index < -0.39 is 5.97 Å². The van der Waals surface area contributed by atoms with Gasteiger partial charge >= 0.3 is 5.97 Å². The number of hydrogen-bond donors (Lipinski definition) is 2. The fourth-order valence-electron chi connectivity index (χ4n) is 2.30. The normalized spacial score (nSPS) is 23.6. The minimum absolute atomic E-state index is 0.0768. The molecule has 1 aliphatic carbocycles. The van der Waals surface area contributed by atoms with E-state index >= 15 is 0 Å². The van der Waals surface area contributed by atoms with Gasteiger partial charge in [-0.3, -0.25) is 9.59 Å². The van der Waals surface area contributed by atoms with Crippen molar-refractivity contribution in [2.75, 3.05) is 6.26 Å². The van der Waals surface area contributed by atoms with Gasteiger partial charge in [-0.05, 0) is 44.8 Å². The molecule has 0 aliphatic heterocycles. The van der Waals surface area contributed by atoms with E-state index in [0.29, 0.717) is 25.3 Å². The van der Waals surface area contributed by atoms with Crippen molar-refractivity contribution in [3.8, 4) is 0 Å². The summed E-state index contributed by atoms with van der Waals surface area (Å²) < 4.78 is 0. The first-order chi connectivity index (χ1) is 8.61. The highest BCUT2D eigenvalue weighted by Crippen LogP contribution is 2.26. The maximum Gasteiger partial charge on any atom is 0.303 e. The smallest absolute Gasteiger partial charge is 0.303 e. The molecular weight excluding hydrogens is 250 g/mol. The predicted molar refractivity (Wildman–Crippen MR) is 73.8 cm³/mol. The molecule has 1 amide bonds. The second kappa shape index (κ2) is 8.40. The summed E-state index contributed by atoms with van der Waals surface area (Å²) in [4.78, 5) is 22.0. The van der Waals surface area contributed by atoms with Crippen molar-refractivity contribution in [1.82, 2.24) is 5.32 Å². The predicted octanol–water partition coefficient (Wildman–Crippen LogP) is 2.42. The number of amides is 1. The van der Waals surface area contributed by atoms with Crippen LogP contribution in [0.25, 0.3) is 0 Å². The van der Waals surface area contributed by atoms with Crippen LogP contribution < -0.4 is 5.32 Å². The van der Waals surface area contributed by atoms with Crippen molar-refractivity contribution >= 4 is 23.6 Å². The van der Waals surface area contributed by atoms with Crippen molar-refractivity contribution in [1.29, 1.82) is 0 Å². The molecule has 104 valence electrons. The van der Waals surface area contributed by atoms with Crippen LogP contribution in [0.4, 0.5) is 0 Å². The fraction of sp³-hybridized carbons (Fsp3) is 0.846. The Morgan fingerprint density at radius 1 is 1.17 bits per heavy atom. The van der Waals surface area contributed by atoms with E-state index in [-0.39, 0.29) is 12.3 Å². The van der Waals surface area contributed by atoms with Crippen LogP contribution in [-0.2, 0) is 9.59 Å². The van der Waals surface area contributed by atoms with Gasteiger partial charge < -0.3 is 10.4 Å². The Morgan fingerprint density at radius 2 is 1.78 bits per heavy atom. The number of carboxylic acid groups (broad SMARTS) is 1. The Kier molecular flexibility index (Phi) is 7.16. The largest absolute Gasteiger partial charge is 0.481 e. The zero-order valence-corrected chi connectivity index (χ0v) is 11.8. The molecule has 0 saturated heterocycles. The molecule has 18 heavy (non-hydrogen) atoms. The SMILES string of the molecule is CSC1CCC(NC(=O)CCCCC(=O)O)CC1. The lowest BCUT2D eigenvalue weighted by Crippen LogP contribution is -2.37. The van der Waals surface area contributed by atoms with Crippen LogP contribution in [0.5, 0.6) is 0 Å². The number of rotatable bonds is 7. The quantitative estimate of drug-likeness (QED) is 0.699. The molecule has 0 aromatic heterocycles. The van der Waals surface area contributed by atoms with E-state index in [2.05, 4.69) is 11.6 Å². The first-order valence-corrected chi connectivity index (χ1v) is 7.94. The van der Waals surface area contributed by atoms with E-state index in [1.165, 1.54) is 12.8 Å². The van der Waals surface area contributed by atoms with E-state index in [0.717, 1.165) is 18.1 Å². The number of unbranched alkanes of at least 4 members (excludes halogenated alkanes) is 1. The topological polar surface area (TPSA) is 66.4 Å². The average Bonchev–Trinajstić information content (AvgIpc) is 2.35. The number of carbonyl (C=O) groups excluding carboxylic acids is 1. The second-order valence-corrected chi connectivity index (χ2v) is 6.02. The highest BCUT2D eigenvalue weighted by Gasteiger charge is 2.21. The Hall–Kier alpha value is -0.710. The Balaban J connectivity index is 2.08. The summed E-state index contributed by atoms with van der Waals surface area (Å²) in [5.74, 6) is -0.709. The third kappa shape index (κ3) is 6.28. The van der Waals surface area contributed by atoms with Crippen LogP contribution in [0.1, 0.15) is 51.4 Å². The second-order valence-electron chi connectivity index (χ2n) is 4.88. The first-order valence-electron chi connectivity index (χ1n) is 6.65. The van der Waals surface area contributed by atoms with E-state index in [1.54, 1.807) is 0 Å². The molecule has 5 heteroatoms. The fourth-order valence-corrected chi connectivity index (χ4v) is 3.05. The molecule has 0 atom stereocenters. The maximum absolute atomic E-state index is 11.6. The number of hydrogen-bond acceptors (Lipinski definition) is 3. The van der Waals surface area contributed by atoms with Gasteiger partial charge in [0.2, 0.25) is 5.91 Å². The highest BCUT2D eigenvalue weighted by molar-refractivity contribution is 7.99. The number of nitrogens with one attached hydrogen (secondary N) is 1. The van der Waals surface area contributed by atoms with Crippen molar-refractivity contribution in [2.45, 2.75) is 62.7 Å². The van der Waals surface area contributed by atoms with Crippen LogP contribution in [0.2, 0.25) is 0 Å². The molecule has 1 saturated carbocycles. The van der Waals surface area contributed by atoms with E-state index in [9.17, 15) is 9.59 Å². The number of aliphatic carboxylic acids is 1. The van der Waals surface area contributed by atoms with Gasteiger partial charge in [-0.2, -0.15) is 11.8 Å². The summed E-state index contributed by atoms with van der Waals surface area (Å²) in [7, 11) is 0. The van der Waals surface area contributed by atoms with Gasteiger partial charge in [-0.1, -0.05) is 0 Å². The molecule has 0 aromatic rings. The molecule has 0 aromatic carbocycles. The molecule has 1 fully saturated rings. The van der Waals surface area contributed by atoms with Gasteiger partial charge in [0.05, 0.1) is 0 Å². The van der Waals surface area contributed by atoms with Crippen LogP contribution in [0, 0.1) is 0 Å². The molecule has 0 unspecified atom stereocenters. The number of carboxylic acids is 1. The zero-order valence-electron chi connectivity index (χ0n) is 11.0. The number of carbonyl (C=O) groups is 2. The van der Waals surface area contributed by atoms with E-state index in [4.69, 9.17) is 5.11 Å². The summed E-state index contributed by atoms with van der Waals surface area (Å²) in [5.41, 5.74) is 0. The van der Waals surface area contributed by atoms with Gasteiger partial charge in [0.15, 0.2) is 0 Å². The minimum Gasteiger partial charge on any atom is -0.481 e. The molecule has 0 radical (unpaired) electrons. The third-order valence-electron chi connectivity index (χ3n) is 3.42. The summed E-state index contributed by atoms with van der Waals surface area (Å²) in [6.45, 7) is 0. The standard InChI is InChI=1S/C13H23NO3S/c1-18-11-8-6-10(7-9-11)14-12(15)4-2-3-5-13(16)17/h10-11H,2-9H2,1H3,(H,14,15)(H,16,17). The molecule has 0 spiro atoms. The lowest BCUT2D eigenvalue weighted by Gasteiger charge is -2.28. The average molecular weight is 273 g/mol. The summed E-state index contributed by atoms with van der Waals surface area (Å²) >= 11 is 1.92. The van der Waals surface area contributed by atoms with Crippen LogP contribution in [0.15, 0.2) is 0 Å². The third-order valence-corrected chi connectivity index (χ3v) is 4.56. The maximum atomic E-state index is 11.6. The molecule has 4 nitrogen and oxygen atoms in total. The summed E-state index contributed by atoms with van der Waals surface area (Å²) in [6.07, 6.45) is 8.53. The molecule has 1 aliphatic rings. The van der Waals surface area contributed by atoms with Crippen LogP contribution in [-0.4, -0.2) is 34.5 Å². The van der Waals surface area contributed by atoms with Gasteiger partial charge in [0, 0.05) is 24.1 Å². The Morgan fingerprint density at radius 3 is 2.33 bits per heavy atom. The zero-order chi connectivity index (χ0) is 13.4. The monoisotopic (exact) mass is 273 g/mol. The molecule has 2 N–H and O–H groups in total. The summed E-state index contributed by atoms with van der Waals surface area (Å²) in [5, 5.41) is 12.3. The molecule has 1 rings (SSSR count). The van der Waals surface area contributed by atoms with E-state index in [1.807, 2.05) is 11.8 Å². The summed E-state index contributed by atoms with van der Waals surface area (Å²) in [6, 6.07) is 0.334. The first kappa shape index (κ1) is 15.3. The van der Waals surface area contributed by atoms with Gasteiger partial charge in [0.1, 0.15) is 0 Å². The molecule has 0 bridgehead atoms. The molecular formula is C13H23NO3S.